The van der Waals surface area contributed by atoms with Crippen LogP contribution < -0.4 is 14.8 Å². The van der Waals surface area contributed by atoms with Gasteiger partial charge < -0.3 is 19.5 Å². The van der Waals surface area contributed by atoms with Gasteiger partial charge in [-0.15, -0.1) is 0 Å². The van der Waals surface area contributed by atoms with Gasteiger partial charge in [-0.2, -0.15) is 0 Å². The summed E-state index contributed by atoms with van der Waals surface area (Å²) >= 11 is 6.28. The molecule has 4 rings (SSSR count). The van der Waals surface area contributed by atoms with E-state index in [4.69, 9.17) is 25.8 Å². The molecule has 1 amide bonds. The highest BCUT2D eigenvalue weighted by Crippen LogP contribution is 2.38. The van der Waals surface area contributed by atoms with Crippen LogP contribution in [0.2, 0.25) is 5.02 Å². The van der Waals surface area contributed by atoms with Gasteiger partial charge in [-0.05, 0) is 41.8 Å². The number of hydrogen-bond donors (Lipinski definition) is 1. The third-order valence-corrected chi connectivity index (χ3v) is 5.34. The second kappa shape index (κ2) is 9.48. The second-order valence-electron chi connectivity index (χ2n) is 7.20. The SMILES string of the molecule is O=C(NCCc1cc(Cl)c2c(c1)OCCO2)c1cccc(CN2CCOCC2)c1. The van der Waals surface area contributed by atoms with Gasteiger partial charge in [0.25, 0.3) is 5.91 Å². The van der Waals surface area contributed by atoms with Gasteiger partial charge in [0.2, 0.25) is 0 Å². The van der Waals surface area contributed by atoms with E-state index < -0.39 is 0 Å². The van der Waals surface area contributed by atoms with Gasteiger partial charge in [-0.3, -0.25) is 9.69 Å². The largest absolute Gasteiger partial charge is 0.486 e. The number of fused-ring (bicyclic) bond motifs is 1. The van der Waals surface area contributed by atoms with E-state index in [0.717, 1.165) is 44.0 Å². The molecule has 0 atom stereocenters. The summed E-state index contributed by atoms with van der Waals surface area (Å²) in [6.07, 6.45) is 0.662. The van der Waals surface area contributed by atoms with Crippen LogP contribution in [0.3, 0.4) is 0 Å². The van der Waals surface area contributed by atoms with Gasteiger partial charge in [0.15, 0.2) is 11.5 Å². The Hall–Kier alpha value is -2.28. The van der Waals surface area contributed by atoms with Crippen molar-refractivity contribution in [1.29, 1.82) is 0 Å². The van der Waals surface area contributed by atoms with E-state index in [-0.39, 0.29) is 5.91 Å². The van der Waals surface area contributed by atoms with Crippen molar-refractivity contribution < 1.29 is 19.0 Å². The smallest absolute Gasteiger partial charge is 0.251 e. The number of carbonyl (C=O) groups is 1. The molecule has 1 saturated heterocycles. The Kier molecular flexibility index (Phi) is 6.54. The molecule has 2 aromatic rings. The van der Waals surface area contributed by atoms with Gasteiger partial charge in [0.05, 0.1) is 18.2 Å². The van der Waals surface area contributed by atoms with Crippen molar-refractivity contribution in [3.8, 4) is 11.5 Å². The molecule has 0 aromatic heterocycles. The number of ether oxygens (including phenoxy) is 3. The zero-order valence-electron chi connectivity index (χ0n) is 16.3. The molecule has 2 aliphatic heterocycles. The molecule has 6 nitrogen and oxygen atoms in total. The number of carbonyl (C=O) groups excluding carboxylic acids is 1. The van der Waals surface area contributed by atoms with Crippen molar-refractivity contribution >= 4 is 17.5 Å². The van der Waals surface area contributed by atoms with Gasteiger partial charge in [-0.1, -0.05) is 23.7 Å². The van der Waals surface area contributed by atoms with E-state index in [1.807, 2.05) is 30.3 Å². The number of halogens is 1. The predicted octanol–water partition coefficient (Wildman–Crippen LogP) is 2.92. The van der Waals surface area contributed by atoms with Crippen molar-refractivity contribution in [1.82, 2.24) is 10.2 Å². The Balaban J connectivity index is 1.32. The van der Waals surface area contributed by atoms with Gasteiger partial charge in [0, 0.05) is 31.7 Å². The van der Waals surface area contributed by atoms with Crippen LogP contribution in [0.25, 0.3) is 0 Å². The first-order chi connectivity index (χ1) is 14.2. The van der Waals surface area contributed by atoms with E-state index in [1.54, 1.807) is 0 Å². The van der Waals surface area contributed by atoms with Crippen molar-refractivity contribution in [2.45, 2.75) is 13.0 Å². The fraction of sp³-hybridized carbons (Fsp3) is 0.409. The summed E-state index contributed by atoms with van der Waals surface area (Å²) in [6.45, 7) is 5.76. The molecule has 7 heteroatoms. The molecule has 0 spiro atoms. The molecule has 2 aromatic carbocycles. The summed E-state index contributed by atoms with van der Waals surface area (Å²) < 4.78 is 16.5. The average molecular weight is 417 g/mol. The maximum atomic E-state index is 12.6. The first kappa shape index (κ1) is 20.0. The van der Waals surface area contributed by atoms with Crippen molar-refractivity contribution in [2.75, 3.05) is 46.1 Å². The first-order valence-electron chi connectivity index (χ1n) is 9.94. The number of morpholine rings is 1. The number of nitrogens with one attached hydrogen (secondary N) is 1. The van der Waals surface area contributed by atoms with Crippen LogP contribution in [0.5, 0.6) is 11.5 Å². The van der Waals surface area contributed by atoms with Crippen LogP contribution in [0, 0.1) is 0 Å². The van der Waals surface area contributed by atoms with E-state index >= 15 is 0 Å². The maximum Gasteiger partial charge on any atom is 0.251 e. The van der Waals surface area contributed by atoms with Gasteiger partial charge >= 0.3 is 0 Å². The molecule has 2 aliphatic rings. The van der Waals surface area contributed by atoms with Crippen LogP contribution in [-0.4, -0.2) is 56.9 Å². The van der Waals surface area contributed by atoms with Crippen LogP contribution in [0.15, 0.2) is 36.4 Å². The highest BCUT2D eigenvalue weighted by Gasteiger charge is 2.17. The van der Waals surface area contributed by atoms with Crippen LogP contribution in [-0.2, 0) is 17.7 Å². The third-order valence-electron chi connectivity index (χ3n) is 5.05. The molecule has 0 radical (unpaired) electrons. The zero-order valence-corrected chi connectivity index (χ0v) is 17.0. The molecule has 1 N–H and O–H groups in total. The van der Waals surface area contributed by atoms with Gasteiger partial charge in [-0.25, -0.2) is 0 Å². The highest BCUT2D eigenvalue weighted by atomic mass is 35.5. The molecule has 154 valence electrons. The van der Waals surface area contributed by atoms with E-state index in [1.165, 1.54) is 0 Å². The first-order valence-corrected chi connectivity index (χ1v) is 10.3. The van der Waals surface area contributed by atoms with Crippen LogP contribution in [0.4, 0.5) is 0 Å². The van der Waals surface area contributed by atoms with E-state index in [2.05, 4.69) is 16.3 Å². The van der Waals surface area contributed by atoms with E-state index in [9.17, 15) is 4.79 Å². The summed E-state index contributed by atoms with van der Waals surface area (Å²) in [6, 6.07) is 11.6. The van der Waals surface area contributed by atoms with Crippen molar-refractivity contribution in [3.63, 3.8) is 0 Å². The lowest BCUT2D eigenvalue weighted by Crippen LogP contribution is -2.35. The lowest BCUT2D eigenvalue weighted by atomic mass is 10.1. The Morgan fingerprint density at radius 3 is 2.72 bits per heavy atom. The predicted molar refractivity (Wildman–Crippen MR) is 111 cm³/mol. The number of amides is 1. The fourth-order valence-corrected chi connectivity index (χ4v) is 3.85. The molecular weight excluding hydrogens is 392 g/mol. The lowest BCUT2D eigenvalue weighted by Gasteiger charge is -2.26. The molecule has 0 aliphatic carbocycles. The normalized spacial score (nSPS) is 16.4. The van der Waals surface area contributed by atoms with Crippen molar-refractivity contribution in [3.05, 3.63) is 58.1 Å². The minimum absolute atomic E-state index is 0.0718. The molecule has 2 heterocycles. The Morgan fingerprint density at radius 1 is 1.03 bits per heavy atom. The Morgan fingerprint density at radius 2 is 1.86 bits per heavy atom. The maximum absolute atomic E-state index is 12.6. The summed E-state index contributed by atoms with van der Waals surface area (Å²) in [4.78, 5) is 14.9. The summed E-state index contributed by atoms with van der Waals surface area (Å²) in [5.41, 5.74) is 2.81. The van der Waals surface area contributed by atoms with Gasteiger partial charge in [0.1, 0.15) is 13.2 Å². The number of nitrogens with zero attached hydrogens (tertiary/aromatic N) is 1. The Labute approximate surface area is 175 Å². The summed E-state index contributed by atoms with van der Waals surface area (Å²) in [5.74, 6) is 1.20. The summed E-state index contributed by atoms with van der Waals surface area (Å²) in [7, 11) is 0. The summed E-state index contributed by atoms with van der Waals surface area (Å²) in [5, 5.41) is 3.53. The zero-order chi connectivity index (χ0) is 20.1. The average Bonchev–Trinajstić information content (AvgIpc) is 2.75. The second-order valence-corrected chi connectivity index (χ2v) is 7.60. The lowest BCUT2D eigenvalue weighted by molar-refractivity contribution is 0.0342. The number of hydrogen-bond acceptors (Lipinski definition) is 5. The van der Waals surface area contributed by atoms with Crippen molar-refractivity contribution in [2.24, 2.45) is 0 Å². The molecular formula is C22H25ClN2O4. The Bertz CT molecular complexity index is 868. The third kappa shape index (κ3) is 5.21. The topological polar surface area (TPSA) is 60.0 Å². The fourth-order valence-electron chi connectivity index (χ4n) is 3.56. The molecule has 1 fully saturated rings. The van der Waals surface area contributed by atoms with E-state index in [0.29, 0.717) is 48.3 Å². The number of benzene rings is 2. The minimum atomic E-state index is -0.0718. The van der Waals surface area contributed by atoms with Crippen LogP contribution in [0.1, 0.15) is 21.5 Å². The minimum Gasteiger partial charge on any atom is -0.486 e. The standard InChI is InChI=1S/C22H25ClN2O4/c23-19-13-16(14-20-21(19)29-11-10-28-20)4-5-24-22(26)18-3-1-2-17(12-18)15-25-6-8-27-9-7-25/h1-3,12-14H,4-11,15H2,(H,24,26). The molecule has 0 bridgehead atoms. The molecule has 0 unspecified atom stereocenters. The highest BCUT2D eigenvalue weighted by molar-refractivity contribution is 6.32. The molecule has 29 heavy (non-hydrogen) atoms. The molecule has 0 saturated carbocycles. The monoisotopic (exact) mass is 416 g/mol. The van der Waals surface area contributed by atoms with Crippen LogP contribution >= 0.6 is 11.6 Å². The quantitative estimate of drug-likeness (QED) is 0.784. The number of rotatable bonds is 6.